The molecule has 0 bridgehead atoms. The Morgan fingerprint density at radius 1 is 1.12 bits per heavy atom. The van der Waals surface area contributed by atoms with Crippen molar-refractivity contribution in [2.75, 3.05) is 0 Å². The predicted molar refractivity (Wildman–Crippen MR) is 42.0 cm³/mol. The summed E-state index contributed by atoms with van der Waals surface area (Å²) in [4.78, 5) is 0. The standard InChI is InChI=1S/C6H13.ClH.In/c1-3-5-6-4-2;;/h1,3-6H2,2H3;1H;. The predicted octanol–water partition coefficient (Wildman–Crippen LogP) is 2.58. The molecule has 0 unspecified atom stereocenters. The molecule has 0 aromatic heterocycles. The Kier molecular flexibility index (Phi) is 16.4. The average Bonchev–Trinajstić information content (AvgIpc) is 1.69. The molecular weight excluding hydrogens is 222 g/mol. The molecule has 2 heteroatoms. The Labute approximate surface area is 73.4 Å². The van der Waals surface area contributed by atoms with Gasteiger partial charge in [0.2, 0.25) is 0 Å². The smallest absolute Gasteiger partial charge is 0.147 e. The molecule has 0 aromatic carbocycles. The second kappa shape index (κ2) is 11.0. The first-order chi connectivity index (χ1) is 3.41. The Morgan fingerprint density at radius 3 is 2.12 bits per heavy atom. The van der Waals surface area contributed by atoms with E-state index >= 15 is 0 Å². The maximum Gasteiger partial charge on any atom is -0.147 e. The van der Waals surface area contributed by atoms with Crippen LogP contribution in [0, 0.1) is 0 Å². The summed E-state index contributed by atoms with van der Waals surface area (Å²) in [5, 5.41) is 0. The number of halogens is 1. The van der Waals surface area contributed by atoms with Crippen molar-refractivity contribution in [3.8, 4) is 0 Å². The summed E-state index contributed by atoms with van der Waals surface area (Å²) >= 11 is 1.46. The van der Waals surface area contributed by atoms with Gasteiger partial charge in [0.15, 0.2) is 0 Å². The number of rotatable bonds is 4. The van der Waals surface area contributed by atoms with Crippen LogP contribution >= 0.6 is 12.4 Å². The van der Waals surface area contributed by atoms with E-state index < -0.39 is 0 Å². The van der Waals surface area contributed by atoms with Crippen LogP contribution in [-0.4, -0.2) is 24.4 Å². The largest absolute Gasteiger partial charge is 0.147 e. The van der Waals surface area contributed by atoms with Crippen LogP contribution in [-0.2, 0) is 0 Å². The van der Waals surface area contributed by atoms with E-state index in [4.69, 9.17) is 0 Å². The third-order valence-electron chi connectivity index (χ3n) is 1.06. The van der Waals surface area contributed by atoms with Gasteiger partial charge in [0.1, 0.15) is 0 Å². The molecule has 0 aliphatic rings. The first-order valence-corrected chi connectivity index (χ1v) is 5.45. The number of unbranched alkanes of at least 4 members (excludes halogenated alkanes) is 3. The van der Waals surface area contributed by atoms with Crippen LogP contribution in [0.5, 0.6) is 0 Å². The van der Waals surface area contributed by atoms with Crippen molar-refractivity contribution in [2.24, 2.45) is 0 Å². The summed E-state index contributed by atoms with van der Waals surface area (Å²) in [5.74, 6) is 0. The third-order valence-corrected chi connectivity index (χ3v) is 2.22. The summed E-state index contributed by atoms with van der Waals surface area (Å²) < 4.78 is 1.49. The second-order valence-corrected chi connectivity index (χ2v) is 3.50. The monoisotopic (exact) mass is 236 g/mol. The maximum absolute atomic E-state index is 2.26. The van der Waals surface area contributed by atoms with Gasteiger partial charge in [-0.25, -0.2) is 0 Å². The van der Waals surface area contributed by atoms with Gasteiger partial charge in [-0.2, -0.15) is 0 Å². The topological polar surface area (TPSA) is 0 Å². The van der Waals surface area contributed by atoms with Crippen LogP contribution in [0.4, 0.5) is 0 Å². The summed E-state index contributed by atoms with van der Waals surface area (Å²) in [6.45, 7) is 2.26. The van der Waals surface area contributed by atoms with E-state index in [0.717, 1.165) is 0 Å². The molecule has 0 rings (SSSR count). The molecule has 0 nitrogen and oxygen atoms in total. The van der Waals surface area contributed by atoms with Crippen molar-refractivity contribution < 1.29 is 0 Å². The summed E-state index contributed by atoms with van der Waals surface area (Å²) in [7, 11) is 0. The molecule has 0 saturated carbocycles. The van der Waals surface area contributed by atoms with Crippen molar-refractivity contribution in [2.45, 2.75) is 36.8 Å². The molecule has 2 radical (unpaired) electrons. The quantitative estimate of drug-likeness (QED) is 0.658. The fourth-order valence-electron chi connectivity index (χ4n) is 0.571. The molecule has 0 fully saturated rings. The molecule has 48 valence electrons. The van der Waals surface area contributed by atoms with Gasteiger partial charge in [0.25, 0.3) is 0 Å². The molecule has 0 saturated heterocycles. The summed E-state index contributed by atoms with van der Waals surface area (Å²) in [6, 6.07) is 0. The van der Waals surface area contributed by atoms with Crippen molar-refractivity contribution >= 4 is 36.8 Å². The van der Waals surface area contributed by atoms with Gasteiger partial charge in [-0.1, -0.05) is 0 Å². The first kappa shape index (κ1) is 11.9. The van der Waals surface area contributed by atoms with Crippen LogP contribution in [0.15, 0.2) is 0 Å². The van der Waals surface area contributed by atoms with Gasteiger partial charge in [0, 0.05) is 0 Å². The first-order valence-electron chi connectivity index (χ1n) is 3.12. The molecule has 8 heavy (non-hydrogen) atoms. The minimum absolute atomic E-state index is 0. The van der Waals surface area contributed by atoms with Gasteiger partial charge < -0.3 is 0 Å². The van der Waals surface area contributed by atoms with Gasteiger partial charge in [-0.15, -0.1) is 12.4 Å². The normalized spacial score (nSPS) is 8.12. The van der Waals surface area contributed by atoms with Crippen LogP contribution in [0.1, 0.15) is 32.6 Å². The molecule has 0 atom stereocenters. The fourth-order valence-corrected chi connectivity index (χ4v) is 1.40. The molecule has 0 spiro atoms. The van der Waals surface area contributed by atoms with Gasteiger partial charge in [-0.3, -0.25) is 0 Å². The fraction of sp³-hybridized carbons (Fsp3) is 1.00. The maximum atomic E-state index is 2.26. The van der Waals surface area contributed by atoms with E-state index in [9.17, 15) is 0 Å². The van der Waals surface area contributed by atoms with Crippen LogP contribution in [0.25, 0.3) is 0 Å². The van der Waals surface area contributed by atoms with Crippen LogP contribution < -0.4 is 0 Å². The Hall–Kier alpha value is 1.16. The molecule has 0 aliphatic carbocycles. The SMILES string of the molecule is CCCCC[CH2][In].Cl. The van der Waals surface area contributed by atoms with Crippen molar-refractivity contribution in [3.05, 3.63) is 0 Å². The van der Waals surface area contributed by atoms with Gasteiger partial charge >= 0.3 is 61.2 Å². The van der Waals surface area contributed by atoms with Gasteiger partial charge in [-0.05, 0) is 0 Å². The minimum atomic E-state index is 0. The van der Waals surface area contributed by atoms with E-state index in [1.54, 1.807) is 0 Å². The third kappa shape index (κ3) is 10.2. The molecule has 0 heterocycles. The minimum Gasteiger partial charge on any atom is -0.147 e. The van der Waals surface area contributed by atoms with Crippen molar-refractivity contribution in [1.82, 2.24) is 0 Å². The summed E-state index contributed by atoms with van der Waals surface area (Å²) in [6.07, 6.45) is 5.77. The van der Waals surface area contributed by atoms with E-state index in [2.05, 4.69) is 6.92 Å². The van der Waals surface area contributed by atoms with E-state index in [1.807, 2.05) is 0 Å². The average molecular weight is 236 g/mol. The Bertz CT molecular complexity index is 27.7. The van der Waals surface area contributed by atoms with Gasteiger partial charge in [0.05, 0.1) is 0 Å². The zero-order valence-corrected chi connectivity index (χ0v) is 9.63. The zero-order valence-electron chi connectivity index (χ0n) is 5.52. The van der Waals surface area contributed by atoms with Crippen molar-refractivity contribution in [1.29, 1.82) is 0 Å². The van der Waals surface area contributed by atoms with Crippen LogP contribution in [0.3, 0.4) is 0 Å². The van der Waals surface area contributed by atoms with E-state index in [1.165, 1.54) is 54.2 Å². The molecule has 0 N–H and O–H groups in total. The van der Waals surface area contributed by atoms with E-state index in [0.29, 0.717) is 0 Å². The molecule has 0 aliphatic heterocycles. The molecule has 0 amide bonds. The number of hydrogen-bond acceptors (Lipinski definition) is 0. The second-order valence-electron chi connectivity index (χ2n) is 1.85. The molecule has 0 aromatic rings. The Balaban J connectivity index is 0. The zero-order chi connectivity index (χ0) is 5.54. The van der Waals surface area contributed by atoms with Crippen molar-refractivity contribution in [3.63, 3.8) is 0 Å². The van der Waals surface area contributed by atoms with Crippen LogP contribution in [0.2, 0.25) is 4.18 Å². The van der Waals surface area contributed by atoms with E-state index in [-0.39, 0.29) is 12.4 Å². The number of hydrogen-bond donors (Lipinski definition) is 0. The molecular formula is C6H14ClIn. The summed E-state index contributed by atoms with van der Waals surface area (Å²) in [5.41, 5.74) is 0. The Morgan fingerprint density at radius 2 is 1.75 bits per heavy atom.